The Labute approximate surface area is 153 Å². The number of hydrogen-bond acceptors (Lipinski definition) is 4. The van der Waals surface area contributed by atoms with Gasteiger partial charge in [0.15, 0.2) is 6.29 Å². The summed E-state index contributed by atoms with van der Waals surface area (Å²) >= 11 is 0. The Balaban J connectivity index is 1.43. The van der Waals surface area contributed by atoms with Gasteiger partial charge in [-0.2, -0.15) is 0 Å². The third-order valence-electron chi connectivity index (χ3n) is 5.56. The number of carbonyl (C=O) groups excluding carboxylic acids is 1. The normalized spacial score (nSPS) is 19.4. The van der Waals surface area contributed by atoms with Crippen LogP contribution in [0.5, 0.6) is 0 Å². The van der Waals surface area contributed by atoms with Crippen LogP contribution >= 0.6 is 0 Å². The maximum absolute atomic E-state index is 13.0. The highest BCUT2D eigenvalue weighted by atomic mass is 16.7. The number of nitrogens with zero attached hydrogens (tertiary/aromatic N) is 2. The molecule has 2 saturated heterocycles. The Morgan fingerprint density at radius 3 is 2.58 bits per heavy atom. The van der Waals surface area contributed by atoms with E-state index in [0.717, 1.165) is 48.6 Å². The molecule has 2 fully saturated rings. The summed E-state index contributed by atoms with van der Waals surface area (Å²) in [6.45, 7) is 7.58. The van der Waals surface area contributed by atoms with E-state index in [1.54, 1.807) is 6.26 Å². The second-order valence-electron chi connectivity index (χ2n) is 7.19. The zero-order valence-corrected chi connectivity index (χ0v) is 15.4. The minimum Gasteiger partial charge on any atom is -0.467 e. The number of likely N-dealkylation sites (tertiary alicyclic amines) is 1. The molecule has 0 unspecified atom stereocenters. The van der Waals surface area contributed by atoms with E-state index in [2.05, 4.69) is 4.57 Å². The molecule has 0 N–H and O–H groups in total. The van der Waals surface area contributed by atoms with Crippen LogP contribution in [0.3, 0.4) is 0 Å². The van der Waals surface area contributed by atoms with Crippen LogP contribution in [0, 0.1) is 19.8 Å². The predicted octanol–water partition coefficient (Wildman–Crippen LogP) is 2.97. The van der Waals surface area contributed by atoms with Crippen molar-refractivity contribution in [1.82, 2.24) is 9.47 Å². The lowest BCUT2D eigenvalue weighted by Gasteiger charge is -2.33. The van der Waals surface area contributed by atoms with E-state index >= 15 is 0 Å². The molecule has 0 aromatic carbocycles. The van der Waals surface area contributed by atoms with Gasteiger partial charge in [-0.15, -0.1) is 0 Å². The van der Waals surface area contributed by atoms with Crippen molar-refractivity contribution in [2.75, 3.05) is 26.3 Å². The van der Waals surface area contributed by atoms with Gasteiger partial charge < -0.3 is 23.4 Å². The van der Waals surface area contributed by atoms with Crippen LogP contribution in [0.2, 0.25) is 0 Å². The van der Waals surface area contributed by atoms with Crippen LogP contribution in [0.15, 0.2) is 28.9 Å². The fraction of sp³-hybridized carbons (Fsp3) is 0.550. The van der Waals surface area contributed by atoms with E-state index in [1.165, 1.54) is 0 Å². The van der Waals surface area contributed by atoms with E-state index in [9.17, 15) is 4.79 Å². The number of furan rings is 1. The van der Waals surface area contributed by atoms with E-state index in [0.29, 0.717) is 25.7 Å². The number of rotatable bonds is 4. The van der Waals surface area contributed by atoms with Crippen molar-refractivity contribution in [2.45, 2.75) is 39.5 Å². The second kappa shape index (κ2) is 7.29. The van der Waals surface area contributed by atoms with Gasteiger partial charge in [-0.1, -0.05) is 0 Å². The lowest BCUT2D eigenvalue weighted by molar-refractivity contribution is -0.0956. The number of aromatic nitrogens is 1. The topological polar surface area (TPSA) is 56.8 Å². The van der Waals surface area contributed by atoms with E-state index in [1.807, 2.05) is 36.9 Å². The molecule has 0 bridgehead atoms. The molecule has 140 valence electrons. The summed E-state index contributed by atoms with van der Waals surface area (Å²) in [6.07, 6.45) is 3.46. The first-order valence-corrected chi connectivity index (χ1v) is 9.35. The fourth-order valence-electron chi connectivity index (χ4n) is 4.01. The molecular weight excluding hydrogens is 332 g/mol. The van der Waals surface area contributed by atoms with Crippen molar-refractivity contribution in [2.24, 2.45) is 5.92 Å². The van der Waals surface area contributed by atoms with Gasteiger partial charge in [0, 0.05) is 30.4 Å². The van der Waals surface area contributed by atoms with Gasteiger partial charge in [0.2, 0.25) is 0 Å². The number of ether oxygens (including phenoxy) is 2. The molecule has 26 heavy (non-hydrogen) atoms. The second-order valence-corrected chi connectivity index (χ2v) is 7.19. The zero-order valence-electron chi connectivity index (χ0n) is 15.4. The number of carbonyl (C=O) groups is 1. The molecule has 1 amide bonds. The standard InChI is InChI=1S/C20H26N2O4/c1-14-12-18(15(2)22(14)13-17-4-3-9-24-17)19(23)21-7-5-16(6-8-21)20-25-10-11-26-20/h3-4,9,12,16,20H,5-8,10-11,13H2,1-2H3. The molecule has 0 atom stereocenters. The lowest BCUT2D eigenvalue weighted by atomic mass is 9.95. The molecule has 4 rings (SSSR count). The third kappa shape index (κ3) is 3.31. The molecule has 0 saturated carbocycles. The van der Waals surface area contributed by atoms with Crippen LogP contribution in [0.4, 0.5) is 0 Å². The van der Waals surface area contributed by atoms with Crippen LogP contribution in [-0.2, 0) is 16.0 Å². The van der Waals surface area contributed by atoms with Gasteiger partial charge in [0.1, 0.15) is 5.76 Å². The summed E-state index contributed by atoms with van der Waals surface area (Å²) in [5.41, 5.74) is 2.86. The van der Waals surface area contributed by atoms with Crippen LogP contribution in [0.25, 0.3) is 0 Å². The van der Waals surface area contributed by atoms with Crippen molar-refractivity contribution in [3.8, 4) is 0 Å². The van der Waals surface area contributed by atoms with Crippen LogP contribution < -0.4 is 0 Å². The van der Waals surface area contributed by atoms with E-state index in [-0.39, 0.29) is 12.2 Å². The van der Waals surface area contributed by atoms with Crippen LogP contribution in [0.1, 0.15) is 40.3 Å². The van der Waals surface area contributed by atoms with E-state index < -0.39 is 0 Å². The Morgan fingerprint density at radius 1 is 1.19 bits per heavy atom. The molecule has 2 aromatic heterocycles. The smallest absolute Gasteiger partial charge is 0.255 e. The van der Waals surface area contributed by atoms with Crippen molar-refractivity contribution < 1.29 is 18.7 Å². The van der Waals surface area contributed by atoms with Gasteiger partial charge in [0.05, 0.1) is 31.6 Å². The Bertz CT molecular complexity index is 751. The average molecular weight is 358 g/mol. The predicted molar refractivity (Wildman–Crippen MR) is 96.0 cm³/mol. The highest BCUT2D eigenvalue weighted by Crippen LogP contribution is 2.27. The highest BCUT2D eigenvalue weighted by Gasteiger charge is 2.32. The first-order valence-electron chi connectivity index (χ1n) is 9.35. The molecule has 6 nitrogen and oxygen atoms in total. The highest BCUT2D eigenvalue weighted by molar-refractivity contribution is 5.95. The molecule has 6 heteroatoms. The maximum atomic E-state index is 13.0. The third-order valence-corrected chi connectivity index (χ3v) is 5.56. The Hall–Kier alpha value is -2.05. The van der Waals surface area contributed by atoms with E-state index in [4.69, 9.17) is 13.9 Å². The van der Waals surface area contributed by atoms with Crippen molar-refractivity contribution in [1.29, 1.82) is 0 Å². The van der Waals surface area contributed by atoms with Gasteiger partial charge >= 0.3 is 0 Å². The minimum atomic E-state index is -0.0781. The first-order chi connectivity index (χ1) is 12.6. The zero-order chi connectivity index (χ0) is 18.1. The average Bonchev–Trinajstić information content (AvgIpc) is 3.40. The molecule has 2 aliphatic rings. The molecule has 0 aliphatic carbocycles. The van der Waals surface area contributed by atoms with Gasteiger partial charge in [0.25, 0.3) is 5.91 Å². The molecule has 4 heterocycles. The fourth-order valence-corrected chi connectivity index (χ4v) is 4.01. The van der Waals surface area contributed by atoms with Crippen molar-refractivity contribution in [3.05, 3.63) is 47.2 Å². The molecular formula is C20H26N2O4. The summed E-state index contributed by atoms with van der Waals surface area (Å²) in [5, 5.41) is 0. The quantitative estimate of drug-likeness (QED) is 0.843. The maximum Gasteiger partial charge on any atom is 0.255 e. The largest absolute Gasteiger partial charge is 0.467 e. The van der Waals surface area contributed by atoms with Crippen molar-refractivity contribution >= 4 is 5.91 Å². The Morgan fingerprint density at radius 2 is 1.92 bits per heavy atom. The number of hydrogen-bond donors (Lipinski definition) is 0. The minimum absolute atomic E-state index is 0.0781. The first kappa shape index (κ1) is 17.4. The van der Waals surface area contributed by atoms with Crippen LogP contribution in [-0.4, -0.2) is 48.0 Å². The number of amides is 1. The summed E-state index contributed by atoms with van der Waals surface area (Å²) < 4.78 is 18.8. The number of aryl methyl sites for hydroxylation is 1. The van der Waals surface area contributed by atoms with Gasteiger partial charge in [-0.05, 0) is 44.9 Å². The molecule has 0 spiro atoms. The number of piperidine rings is 1. The lowest BCUT2D eigenvalue weighted by Crippen LogP contribution is -2.41. The van der Waals surface area contributed by atoms with Gasteiger partial charge in [-0.3, -0.25) is 4.79 Å². The summed E-state index contributed by atoms with van der Waals surface area (Å²) in [6, 6.07) is 5.84. The summed E-state index contributed by atoms with van der Waals surface area (Å²) in [5.74, 6) is 1.41. The molecule has 2 aromatic rings. The summed E-state index contributed by atoms with van der Waals surface area (Å²) in [4.78, 5) is 15.0. The SMILES string of the molecule is Cc1cc(C(=O)N2CCC(C3OCCO3)CC2)c(C)n1Cc1ccco1. The molecule has 0 radical (unpaired) electrons. The summed E-state index contributed by atoms with van der Waals surface area (Å²) in [7, 11) is 0. The molecule has 2 aliphatic heterocycles. The van der Waals surface area contributed by atoms with Gasteiger partial charge in [-0.25, -0.2) is 0 Å². The van der Waals surface area contributed by atoms with Crippen molar-refractivity contribution in [3.63, 3.8) is 0 Å². The monoisotopic (exact) mass is 358 g/mol. The Kier molecular flexibility index (Phi) is 4.87.